The molecule has 2 aliphatic carbocycles. The van der Waals surface area contributed by atoms with Gasteiger partial charge in [0.25, 0.3) is 11.8 Å². The van der Waals surface area contributed by atoms with Crippen LogP contribution >= 0.6 is 39.1 Å². The summed E-state index contributed by atoms with van der Waals surface area (Å²) in [4.78, 5) is 54.2. The molecule has 226 valence electrons. The molecule has 3 aromatic rings. The van der Waals surface area contributed by atoms with E-state index in [9.17, 15) is 29.4 Å². The number of aromatic hydroxyl groups is 2. The van der Waals surface area contributed by atoms with Crippen molar-refractivity contribution in [2.45, 2.75) is 34.9 Å². The first-order valence-corrected chi connectivity index (χ1v) is 16.2. The van der Waals surface area contributed by atoms with Gasteiger partial charge in [0.05, 0.1) is 17.3 Å². The van der Waals surface area contributed by atoms with Gasteiger partial charge in [-0.25, -0.2) is 0 Å². The van der Waals surface area contributed by atoms with Gasteiger partial charge in [0.1, 0.15) is 11.5 Å². The number of nitrogens with zero attached hydrogens (tertiary/aromatic N) is 2. The molecule has 4 amide bonds. The number of carbonyl (C=O) groups is 4. The number of halogens is 3. The molecular weight excluding hydrogens is 671 g/mol. The van der Waals surface area contributed by atoms with Crippen molar-refractivity contribution in [3.8, 4) is 11.5 Å². The minimum absolute atomic E-state index is 0.0481. The Kier molecular flexibility index (Phi) is 6.88. The lowest BCUT2D eigenvalue weighted by Gasteiger charge is -2.51. The van der Waals surface area contributed by atoms with Gasteiger partial charge in [0, 0.05) is 17.8 Å². The Bertz CT molecular complexity index is 1800. The fraction of sp³-hybridized carbons (Fsp3) is 0.333. The third kappa shape index (κ3) is 3.88. The zero-order valence-corrected chi connectivity index (χ0v) is 26.3. The number of benzene rings is 3. The number of allylic oxidation sites excluding steroid dienone is 2. The van der Waals surface area contributed by atoms with E-state index in [1.807, 2.05) is 18.2 Å². The fourth-order valence-electron chi connectivity index (χ4n) is 7.85. The zero-order valence-electron chi connectivity index (χ0n) is 23.3. The summed E-state index contributed by atoms with van der Waals surface area (Å²) in [5.74, 6) is -4.66. The molecule has 2 N–H and O–H groups in total. The van der Waals surface area contributed by atoms with E-state index < -0.39 is 45.2 Å². The van der Waals surface area contributed by atoms with Crippen molar-refractivity contribution >= 4 is 73.5 Å². The van der Waals surface area contributed by atoms with E-state index in [-0.39, 0.29) is 48.2 Å². The molecule has 11 heteroatoms. The van der Waals surface area contributed by atoms with Crippen LogP contribution in [0.15, 0.2) is 72.3 Å². The van der Waals surface area contributed by atoms with E-state index in [0.717, 1.165) is 10.5 Å². The summed E-state index contributed by atoms with van der Waals surface area (Å²) in [6.07, 6.45) is 2.51. The second-order valence-electron chi connectivity index (χ2n) is 12.0. The fourth-order valence-corrected chi connectivity index (χ4v) is 9.26. The van der Waals surface area contributed by atoms with Crippen LogP contribution in [0.25, 0.3) is 10.8 Å². The molecule has 3 fully saturated rings. The second kappa shape index (κ2) is 10.3. The van der Waals surface area contributed by atoms with E-state index in [1.165, 1.54) is 11.0 Å². The molecular formula is C33H27BrCl2N2O6. The standard InChI is InChI=1S/C33H27BrCl2N2O6/c34-16-38-30(43)32(35)15-24-22(27(33(32,36)31(38)44)21-11-12-25(40)20-4-2-1-3-19(20)21)9-10-23-26(24)29(42)37(28(23)41)14-13-17-5-7-18(39)8-6-17/h1-9,11-12,23-24,26-27,39-40H,10,13-16H2. The Morgan fingerprint density at radius 1 is 0.841 bits per heavy atom. The topological polar surface area (TPSA) is 115 Å². The van der Waals surface area contributed by atoms with Crippen LogP contribution in [0.2, 0.25) is 0 Å². The molecule has 0 radical (unpaired) electrons. The smallest absolute Gasteiger partial charge is 0.254 e. The van der Waals surface area contributed by atoms with Crippen LogP contribution < -0.4 is 0 Å². The summed E-state index contributed by atoms with van der Waals surface area (Å²) < 4.78 is 0. The zero-order chi connectivity index (χ0) is 31.1. The van der Waals surface area contributed by atoms with E-state index in [0.29, 0.717) is 28.3 Å². The Hall–Kier alpha value is -3.40. The van der Waals surface area contributed by atoms with E-state index in [2.05, 4.69) is 15.9 Å². The maximum Gasteiger partial charge on any atom is 0.254 e. The van der Waals surface area contributed by atoms with Gasteiger partial charge < -0.3 is 10.2 Å². The molecule has 2 heterocycles. The third-order valence-electron chi connectivity index (χ3n) is 9.91. The summed E-state index contributed by atoms with van der Waals surface area (Å²) in [5, 5.41) is 21.5. The number of phenolic OH excluding ortho intramolecular Hbond substituents is 2. The normalized spacial score (nSPS) is 31.3. The largest absolute Gasteiger partial charge is 0.508 e. The lowest BCUT2D eigenvalue weighted by molar-refractivity contribution is -0.141. The Morgan fingerprint density at radius 2 is 1.55 bits per heavy atom. The van der Waals surface area contributed by atoms with Gasteiger partial charge in [-0.1, -0.05) is 70.0 Å². The average molecular weight is 698 g/mol. The van der Waals surface area contributed by atoms with E-state index in [1.54, 1.807) is 42.5 Å². The van der Waals surface area contributed by atoms with Crippen molar-refractivity contribution in [1.29, 1.82) is 0 Å². The summed E-state index contributed by atoms with van der Waals surface area (Å²) in [6.45, 7) is 0.170. The quantitative estimate of drug-likeness (QED) is 0.164. The number of alkyl halides is 3. The van der Waals surface area contributed by atoms with Crippen LogP contribution in [-0.4, -0.2) is 65.4 Å². The molecule has 2 saturated heterocycles. The van der Waals surface area contributed by atoms with E-state index in [4.69, 9.17) is 23.2 Å². The van der Waals surface area contributed by atoms with Crippen LogP contribution in [0.3, 0.4) is 0 Å². The summed E-state index contributed by atoms with van der Waals surface area (Å²) in [5.41, 5.74) is 2.07. The van der Waals surface area contributed by atoms with Crippen molar-refractivity contribution in [3.63, 3.8) is 0 Å². The molecule has 2 aliphatic heterocycles. The molecule has 1 saturated carbocycles. The Morgan fingerprint density at radius 3 is 2.25 bits per heavy atom. The van der Waals surface area contributed by atoms with Crippen LogP contribution in [0.1, 0.15) is 29.9 Å². The van der Waals surface area contributed by atoms with Crippen molar-refractivity contribution < 1.29 is 29.4 Å². The number of rotatable bonds is 5. The third-order valence-corrected chi connectivity index (χ3v) is 11.8. The Balaban J connectivity index is 1.34. The molecule has 44 heavy (non-hydrogen) atoms. The number of likely N-dealkylation sites (tertiary alicyclic amines) is 2. The maximum atomic E-state index is 14.1. The SMILES string of the molecule is O=C1C2CC=C3C(CC4(Cl)C(=O)N(CBr)C(=O)C4(Cl)C3c3ccc(O)c4ccccc34)C2C(=O)N1CCc1ccc(O)cc1. The lowest BCUT2D eigenvalue weighted by atomic mass is 9.56. The van der Waals surface area contributed by atoms with E-state index >= 15 is 0 Å². The number of fused-ring (bicyclic) bond motifs is 5. The molecule has 0 bridgehead atoms. The molecule has 3 aromatic carbocycles. The summed E-state index contributed by atoms with van der Waals surface area (Å²) >= 11 is 17.9. The molecule has 0 aromatic heterocycles. The van der Waals surface area contributed by atoms with Crippen molar-refractivity contribution in [3.05, 3.63) is 83.4 Å². The number of hydrogen-bond donors (Lipinski definition) is 2. The second-order valence-corrected chi connectivity index (χ2v) is 13.7. The van der Waals surface area contributed by atoms with Crippen molar-refractivity contribution in [2.75, 3.05) is 12.0 Å². The van der Waals surface area contributed by atoms with Crippen molar-refractivity contribution in [2.24, 2.45) is 17.8 Å². The highest BCUT2D eigenvalue weighted by Crippen LogP contribution is 2.66. The first-order chi connectivity index (χ1) is 21.0. The van der Waals surface area contributed by atoms with Crippen LogP contribution in [0.5, 0.6) is 11.5 Å². The molecule has 0 spiro atoms. The molecule has 4 aliphatic rings. The summed E-state index contributed by atoms with van der Waals surface area (Å²) in [6, 6.07) is 17.0. The summed E-state index contributed by atoms with van der Waals surface area (Å²) in [7, 11) is 0. The number of phenols is 2. The van der Waals surface area contributed by atoms with Gasteiger partial charge in [-0.2, -0.15) is 0 Å². The molecule has 7 rings (SSSR count). The highest BCUT2D eigenvalue weighted by molar-refractivity contribution is 9.09. The van der Waals surface area contributed by atoms with Crippen molar-refractivity contribution in [1.82, 2.24) is 9.80 Å². The van der Waals surface area contributed by atoms with Crippen LogP contribution in [0, 0.1) is 17.8 Å². The van der Waals surface area contributed by atoms with Gasteiger partial charge in [-0.3, -0.25) is 29.0 Å². The van der Waals surface area contributed by atoms with Crippen LogP contribution in [-0.2, 0) is 25.6 Å². The number of hydrogen-bond acceptors (Lipinski definition) is 6. The van der Waals surface area contributed by atoms with Gasteiger partial charge in [-0.15, -0.1) is 23.2 Å². The van der Waals surface area contributed by atoms with Gasteiger partial charge in [0.15, 0.2) is 9.75 Å². The monoisotopic (exact) mass is 696 g/mol. The highest BCUT2D eigenvalue weighted by atomic mass is 79.9. The average Bonchev–Trinajstić information content (AvgIpc) is 3.35. The number of carbonyl (C=O) groups excluding carboxylic acids is 4. The maximum absolute atomic E-state index is 14.1. The first kappa shape index (κ1) is 29.3. The molecule has 6 unspecified atom stereocenters. The minimum Gasteiger partial charge on any atom is -0.508 e. The molecule has 8 nitrogen and oxygen atoms in total. The van der Waals surface area contributed by atoms with Gasteiger partial charge in [0.2, 0.25) is 11.8 Å². The number of imide groups is 2. The predicted molar refractivity (Wildman–Crippen MR) is 167 cm³/mol. The highest BCUT2D eigenvalue weighted by Gasteiger charge is 2.76. The predicted octanol–water partition coefficient (Wildman–Crippen LogP) is 5.20. The minimum atomic E-state index is -1.92. The first-order valence-electron chi connectivity index (χ1n) is 14.4. The Labute approximate surface area is 271 Å². The number of amides is 4. The van der Waals surface area contributed by atoms with Gasteiger partial charge >= 0.3 is 0 Å². The lowest BCUT2D eigenvalue weighted by Crippen LogP contribution is -2.60. The molecule has 6 atom stereocenters. The van der Waals surface area contributed by atoms with Crippen LogP contribution in [0.4, 0.5) is 0 Å². The van der Waals surface area contributed by atoms with Gasteiger partial charge in [-0.05, 0) is 59.9 Å².